The van der Waals surface area contributed by atoms with Crippen LogP contribution in [0.25, 0.3) is 0 Å². The Kier molecular flexibility index (Phi) is 5.11. The SMILES string of the molecule is CC(=O)O[C@H]1CCC(C)(C)C2CC[C@]34C[C@](C)([C@H](Cl)CC3[C@@]21C)[C@H](OC(C)=O)[C@H]4O. The molecule has 0 aromatic heterocycles. The second kappa shape index (κ2) is 6.84. The molecular weight excluding hydrogens is 404 g/mol. The Morgan fingerprint density at radius 2 is 1.60 bits per heavy atom. The second-order valence-corrected chi connectivity index (χ2v) is 12.3. The van der Waals surface area contributed by atoms with Crippen molar-refractivity contribution < 1.29 is 24.2 Å². The van der Waals surface area contributed by atoms with Crippen LogP contribution in [-0.4, -0.2) is 40.7 Å². The Hall–Kier alpha value is -0.810. The molecule has 0 heterocycles. The minimum atomic E-state index is -0.749. The largest absolute Gasteiger partial charge is 0.462 e. The zero-order valence-electron chi connectivity index (χ0n) is 19.2. The minimum Gasteiger partial charge on any atom is -0.462 e. The van der Waals surface area contributed by atoms with Gasteiger partial charge in [0.1, 0.15) is 12.2 Å². The number of aliphatic hydroxyl groups is 1. The summed E-state index contributed by atoms with van der Waals surface area (Å²) in [6, 6.07) is 0. The van der Waals surface area contributed by atoms with Gasteiger partial charge in [-0.15, -0.1) is 11.6 Å². The fourth-order valence-corrected chi connectivity index (χ4v) is 8.97. The standard InChI is InChI=1S/C24H37ClO5/c1-13(26)29-18-8-9-21(3,4)15-7-10-24-12-22(5,20(19(24)28)30-14(2)27)17(25)11-16(24)23(15,18)6/h15-20,28H,7-12H2,1-6H3/t15?,16?,17-,18+,19-,20-,22-,23-,24+/m1/s1. The van der Waals surface area contributed by atoms with Crippen LogP contribution in [0, 0.1) is 33.5 Å². The Bertz CT molecular complexity index is 752. The highest BCUT2D eigenvalue weighted by Crippen LogP contribution is 2.74. The molecule has 5 nitrogen and oxygen atoms in total. The lowest BCUT2D eigenvalue weighted by atomic mass is 9.39. The number of rotatable bonds is 2. The summed E-state index contributed by atoms with van der Waals surface area (Å²) < 4.78 is 11.6. The van der Waals surface area contributed by atoms with Crippen molar-refractivity contribution >= 4 is 23.5 Å². The van der Waals surface area contributed by atoms with E-state index in [1.807, 2.05) is 0 Å². The first-order valence-corrected chi connectivity index (χ1v) is 11.9. The molecular formula is C24H37ClO5. The van der Waals surface area contributed by atoms with Crippen LogP contribution in [0.2, 0.25) is 0 Å². The van der Waals surface area contributed by atoms with Gasteiger partial charge in [-0.3, -0.25) is 9.59 Å². The molecule has 1 spiro atoms. The Balaban J connectivity index is 1.82. The van der Waals surface area contributed by atoms with Crippen LogP contribution in [0.3, 0.4) is 0 Å². The summed E-state index contributed by atoms with van der Waals surface area (Å²) in [6.45, 7) is 11.9. The summed E-state index contributed by atoms with van der Waals surface area (Å²) in [5.41, 5.74) is -0.953. The van der Waals surface area contributed by atoms with Gasteiger partial charge in [0.05, 0.1) is 6.10 Å². The maximum absolute atomic E-state index is 12.0. The lowest BCUT2D eigenvalue weighted by Gasteiger charge is -2.66. The van der Waals surface area contributed by atoms with Crippen molar-refractivity contribution in [3.05, 3.63) is 0 Å². The molecule has 30 heavy (non-hydrogen) atoms. The monoisotopic (exact) mass is 440 g/mol. The molecule has 9 atom stereocenters. The number of alkyl halides is 1. The van der Waals surface area contributed by atoms with E-state index in [4.69, 9.17) is 21.1 Å². The van der Waals surface area contributed by atoms with Crippen LogP contribution >= 0.6 is 11.6 Å². The normalized spacial score (nSPS) is 51.5. The van der Waals surface area contributed by atoms with E-state index in [-0.39, 0.29) is 45.6 Å². The average molecular weight is 441 g/mol. The van der Waals surface area contributed by atoms with E-state index in [2.05, 4.69) is 27.7 Å². The first-order valence-electron chi connectivity index (χ1n) is 11.5. The van der Waals surface area contributed by atoms with Crippen LogP contribution in [0.15, 0.2) is 0 Å². The van der Waals surface area contributed by atoms with Gasteiger partial charge in [0.25, 0.3) is 0 Å². The fourth-order valence-electron chi connectivity index (χ4n) is 8.59. The lowest BCUT2D eigenvalue weighted by molar-refractivity contribution is -0.227. The third-order valence-electron chi connectivity index (χ3n) is 9.78. The molecule has 4 saturated carbocycles. The zero-order valence-corrected chi connectivity index (χ0v) is 19.9. The molecule has 1 N–H and O–H groups in total. The van der Waals surface area contributed by atoms with E-state index in [9.17, 15) is 14.7 Å². The Morgan fingerprint density at radius 1 is 0.967 bits per heavy atom. The van der Waals surface area contributed by atoms with Crippen molar-refractivity contribution in [1.29, 1.82) is 0 Å². The molecule has 4 aliphatic rings. The highest BCUT2D eigenvalue weighted by atomic mass is 35.5. The summed E-state index contributed by atoms with van der Waals surface area (Å²) in [6.07, 6.45) is 3.69. The van der Waals surface area contributed by atoms with Gasteiger partial charge in [-0.05, 0) is 55.8 Å². The highest BCUT2D eigenvalue weighted by Gasteiger charge is 2.75. The molecule has 0 aromatic carbocycles. The third-order valence-corrected chi connectivity index (χ3v) is 10.5. The van der Waals surface area contributed by atoms with Gasteiger partial charge in [-0.25, -0.2) is 0 Å². The van der Waals surface area contributed by atoms with Crippen LogP contribution in [0.5, 0.6) is 0 Å². The Labute approximate surface area is 185 Å². The molecule has 0 radical (unpaired) electrons. The van der Waals surface area contributed by atoms with Crippen molar-refractivity contribution in [2.75, 3.05) is 0 Å². The predicted octanol–water partition coefficient (Wildman–Crippen LogP) is 4.47. The van der Waals surface area contributed by atoms with Crippen LogP contribution < -0.4 is 0 Å². The van der Waals surface area contributed by atoms with Crippen LogP contribution in [-0.2, 0) is 19.1 Å². The van der Waals surface area contributed by atoms with Crippen LogP contribution in [0.1, 0.15) is 80.1 Å². The van der Waals surface area contributed by atoms with Crippen molar-refractivity contribution in [2.24, 2.45) is 33.5 Å². The van der Waals surface area contributed by atoms with E-state index in [0.717, 1.165) is 38.5 Å². The molecule has 2 unspecified atom stereocenters. The number of fused-ring (bicyclic) bond motifs is 3. The third kappa shape index (κ3) is 2.83. The van der Waals surface area contributed by atoms with Crippen molar-refractivity contribution in [1.82, 2.24) is 0 Å². The number of carbonyl (C=O) groups excluding carboxylic acids is 2. The molecule has 0 aromatic rings. The smallest absolute Gasteiger partial charge is 0.303 e. The van der Waals surface area contributed by atoms with Gasteiger partial charge in [-0.2, -0.15) is 0 Å². The van der Waals surface area contributed by atoms with E-state index in [1.165, 1.54) is 13.8 Å². The van der Waals surface area contributed by atoms with Gasteiger partial charge in [0.15, 0.2) is 0 Å². The van der Waals surface area contributed by atoms with Gasteiger partial charge < -0.3 is 14.6 Å². The summed E-state index contributed by atoms with van der Waals surface area (Å²) in [5, 5.41) is 11.4. The molecule has 4 aliphatic carbocycles. The van der Waals surface area contributed by atoms with E-state index >= 15 is 0 Å². The van der Waals surface area contributed by atoms with Gasteiger partial charge >= 0.3 is 11.9 Å². The highest BCUT2D eigenvalue weighted by molar-refractivity contribution is 6.21. The molecule has 170 valence electrons. The fraction of sp³-hybridized carbons (Fsp3) is 0.917. The van der Waals surface area contributed by atoms with Gasteiger partial charge in [0, 0.05) is 35.5 Å². The van der Waals surface area contributed by atoms with E-state index < -0.39 is 17.6 Å². The minimum absolute atomic E-state index is 0.110. The first-order chi connectivity index (χ1) is 13.8. The predicted molar refractivity (Wildman–Crippen MR) is 114 cm³/mol. The average Bonchev–Trinajstić information content (AvgIpc) is 2.79. The van der Waals surface area contributed by atoms with Gasteiger partial charge in [-0.1, -0.05) is 27.7 Å². The summed E-state index contributed by atoms with van der Waals surface area (Å²) in [7, 11) is 0. The van der Waals surface area contributed by atoms with Crippen molar-refractivity contribution in [2.45, 2.75) is 104 Å². The van der Waals surface area contributed by atoms with Crippen molar-refractivity contribution in [3.8, 4) is 0 Å². The number of aliphatic hydroxyl groups excluding tert-OH is 1. The number of hydrogen-bond donors (Lipinski definition) is 1. The second-order valence-electron chi connectivity index (χ2n) is 11.7. The number of hydrogen-bond acceptors (Lipinski definition) is 5. The first kappa shape index (κ1) is 22.4. The quantitative estimate of drug-likeness (QED) is 0.506. The number of esters is 2. The molecule has 6 heteroatoms. The number of ether oxygens (including phenoxy) is 2. The molecule has 0 aliphatic heterocycles. The van der Waals surface area contributed by atoms with Crippen LogP contribution in [0.4, 0.5) is 0 Å². The zero-order chi connectivity index (χ0) is 22.3. The van der Waals surface area contributed by atoms with Crippen molar-refractivity contribution in [3.63, 3.8) is 0 Å². The number of halogens is 1. The molecule has 0 amide bonds. The topological polar surface area (TPSA) is 72.8 Å². The summed E-state index contributed by atoms with van der Waals surface area (Å²) in [4.78, 5) is 23.9. The summed E-state index contributed by atoms with van der Waals surface area (Å²) in [5.74, 6) is -0.126. The Morgan fingerprint density at radius 3 is 2.20 bits per heavy atom. The molecule has 4 rings (SSSR count). The van der Waals surface area contributed by atoms with Gasteiger partial charge in [0.2, 0.25) is 0 Å². The molecule has 4 fully saturated rings. The lowest BCUT2D eigenvalue weighted by Crippen LogP contribution is -2.64. The maximum Gasteiger partial charge on any atom is 0.303 e. The molecule has 0 saturated heterocycles. The van der Waals surface area contributed by atoms with E-state index in [1.54, 1.807) is 0 Å². The summed E-state index contributed by atoms with van der Waals surface area (Å²) >= 11 is 7.02. The number of carbonyl (C=O) groups is 2. The molecule has 2 bridgehead atoms. The van der Waals surface area contributed by atoms with E-state index in [0.29, 0.717) is 5.92 Å². The maximum atomic E-state index is 12.0.